The molecule has 0 aliphatic carbocycles. The molecular weight excluding hydrogens is 368 g/mol. The van der Waals surface area contributed by atoms with Gasteiger partial charge in [-0.05, 0) is 30.7 Å². The predicted octanol–water partition coefficient (Wildman–Crippen LogP) is 1.84. The topological polar surface area (TPSA) is 104 Å². The molecule has 150 valence electrons. The van der Waals surface area contributed by atoms with E-state index >= 15 is 0 Å². The van der Waals surface area contributed by atoms with Crippen LogP contribution in [0.5, 0.6) is 0 Å². The Kier molecular flexibility index (Phi) is 7.38. The third kappa shape index (κ3) is 6.32. The summed E-state index contributed by atoms with van der Waals surface area (Å²) in [4.78, 5) is 23.9. The fourth-order valence-corrected chi connectivity index (χ4v) is 4.88. The molecule has 0 aromatic heterocycles. The largest absolute Gasteiger partial charge is 0.480 e. The lowest BCUT2D eigenvalue weighted by molar-refractivity contribution is -0.143. The molecule has 1 aromatic carbocycles. The molecule has 7 nitrogen and oxygen atoms in total. The number of amides is 1. The van der Waals surface area contributed by atoms with Crippen molar-refractivity contribution in [2.24, 2.45) is 11.8 Å². The Bertz CT molecular complexity index is 749. The number of aliphatic carboxylic acids is 1. The smallest absolute Gasteiger partial charge is 0.326 e. The standard InChI is InChI=1S/C19H28N2O5S/c1-14(2)11-17(19(23)24)20-18(22)16-9-6-10-21(12-16)27(25,26)13-15-7-4-3-5-8-15/h3-5,7-8,14,16-17H,6,9-13H2,1-2H3,(H,20,22)(H,23,24)/t16?,17-/m0/s1. The molecule has 2 atom stereocenters. The van der Waals surface area contributed by atoms with Gasteiger partial charge in [0.2, 0.25) is 15.9 Å². The number of hydrogen-bond acceptors (Lipinski definition) is 4. The molecule has 1 fully saturated rings. The van der Waals surface area contributed by atoms with Gasteiger partial charge in [0, 0.05) is 13.1 Å². The molecule has 1 unspecified atom stereocenters. The van der Waals surface area contributed by atoms with Gasteiger partial charge in [0.25, 0.3) is 0 Å². The average molecular weight is 397 g/mol. The van der Waals surface area contributed by atoms with Crippen LogP contribution in [0, 0.1) is 11.8 Å². The summed E-state index contributed by atoms with van der Waals surface area (Å²) in [5, 5.41) is 11.9. The third-order valence-corrected chi connectivity index (χ3v) is 6.48. The van der Waals surface area contributed by atoms with Crippen molar-refractivity contribution in [2.45, 2.75) is 44.9 Å². The van der Waals surface area contributed by atoms with Crippen molar-refractivity contribution < 1.29 is 23.1 Å². The molecule has 8 heteroatoms. The SMILES string of the molecule is CC(C)C[C@H](NC(=O)C1CCCN(S(=O)(=O)Cc2ccccc2)C1)C(=O)O. The summed E-state index contributed by atoms with van der Waals surface area (Å²) in [7, 11) is -3.53. The van der Waals surface area contributed by atoms with Crippen LogP contribution < -0.4 is 5.32 Å². The highest BCUT2D eigenvalue weighted by molar-refractivity contribution is 7.88. The fourth-order valence-electron chi connectivity index (χ4n) is 3.27. The number of carbonyl (C=O) groups is 2. The summed E-state index contributed by atoms with van der Waals surface area (Å²) in [5.41, 5.74) is 0.701. The maximum Gasteiger partial charge on any atom is 0.326 e. The van der Waals surface area contributed by atoms with Gasteiger partial charge >= 0.3 is 5.97 Å². The third-order valence-electron chi connectivity index (χ3n) is 4.66. The Balaban J connectivity index is 2.01. The number of nitrogens with one attached hydrogen (secondary N) is 1. The van der Waals surface area contributed by atoms with E-state index in [1.807, 2.05) is 19.9 Å². The van der Waals surface area contributed by atoms with Crippen LogP contribution in [-0.2, 0) is 25.4 Å². The molecule has 0 radical (unpaired) electrons. The second-order valence-corrected chi connectivity index (χ2v) is 9.44. The van der Waals surface area contributed by atoms with Crippen molar-refractivity contribution in [3.05, 3.63) is 35.9 Å². The molecule has 2 N–H and O–H groups in total. The van der Waals surface area contributed by atoms with E-state index in [4.69, 9.17) is 0 Å². The summed E-state index contributed by atoms with van der Waals surface area (Å²) in [6.07, 6.45) is 1.47. The first-order valence-corrected chi connectivity index (χ1v) is 10.8. The minimum absolute atomic E-state index is 0.0923. The lowest BCUT2D eigenvalue weighted by atomic mass is 9.97. The number of benzene rings is 1. The van der Waals surface area contributed by atoms with E-state index in [-0.39, 0.29) is 24.1 Å². The van der Waals surface area contributed by atoms with Crippen LogP contribution in [0.2, 0.25) is 0 Å². The van der Waals surface area contributed by atoms with Gasteiger partial charge in [0.1, 0.15) is 6.04 Å². The van der Waals surface area contributed by atoms with E-state index in [0.717, 1.165) is 0 Å². The van der Waals surface area contributed by atoms with E-state index in [9.17, 15) is 23.1 Å². The Morgan fingerprint density at radius 2 is 1.93 bits per heavy atom. The summed E-state index contributed by atoms with van der Waals surface area (Å²) in [6, 6.07) is 7.97. The van der Waals surface area contributed by atoms with Crippen LogP contribution in [-0.4, -0.2) is 48.8 Å². The van der Waals surface area contributed by atoms with Crippen LogP contribution in [0.1, 0.15) is 38.7 Å². The van der Waals surface area contributed by atoms with Crippen molar-refractivity contribution in [3.8, 4) is 0 Å². The molecule has 1 aromatic rings. The highest BCUT2D eigenvalue weighted by Crippen LogP contribution is 2.22. The minimum Gasteiger partial charge on any atom is -0.480 e. The Morgan fingerprint density at radius 3 is 2.52 bits per heavy atom. The molecule has 0 saturated carbocycles. The lowest BCUT2D eigenvalue weighted by Crippen LogP contribution is -2.49. The highest BCUT2D eigenvalue weighted by Gasteiger charge is 2.34. The predicted molar refractivity (Wildman–Crippen MR) is 102 cm³/mol. The maximum absolute atomic E-state index is 12.7. The number of carboxylic acids is 1. The Morgan fingerprint density at radius 1 is 1.26 bits per heavy atom. The molecule has 1 heterocycles. The average Bonchev–Trinajstić information content (AvgIpc) is 2.61. The zero-order valence-electron chi connectivity index (χ0n) is 15.8. The second kappa shape index (κ2) is 9.32. The number of rotatable bonds is 8. The van der Waals surface area contributed by atoms with Crippen LogP contribution >= 0.6 is 0 Å². The van der Waals surface area contributed by atoms with Gasteiger partial charge in [-0.3, -0.25) is 4.79 Å². The van der Waals surface area contributed by atoms with Gasteiger partial charge in [-0.25, -0.2) is 17.5 Å². The number of piperidine rings is 1. The molecule has 0 spiro atoms. The van der Waals surface area contributed by atoms with E-state index in [1.54, 1.807) is 24.3 Å². The van der Waals surface area contributed by atoms with Crippen molar-refractivity contribution >= 4 is 21.9 Å². The van der Waals surface area contributed by atoms with E-state index in [1.165, 1.54) is 4.31 Å². The monoisotopic (exact) mass is 396 g/mol. The number of carboxylic acid groups (broad SMARTS) is 1. The number of nitrogens with zero attached hydrogens (tertiary/aromatic N) is 1. The zero-order chi connectivity index (χ0) is 20.0. The maximum atomic E-state index is 12.7. The van der Waals surface area contributed by atoms with Gasteiger partial charge in [0.05, 0.1) is 11.7 Å². The first-order chi connectivity index (χ1) is 12.7. The van der Waals surface area contributed by atoms with Crippen molar-refractivity contribution in [3.63, 3.8) is 0 Å². The van der Waals surface area contributed by atoms with E-state index in [0.29, 0.717) is 31.4 Å². The molecule has 1 aliphatic rings. The van der Waals surface area contributed by atoms with Crippen LogP contribution in [0.15, 0.2) is 30.3 Å². The number of sulfonamides is 1. The lowest BCUT2D eigenvalue weighted by Gasteiger charge is -2.32. The van der Waals surface area contributed by atoms with Crippen LogP contribution in [0.25, 0.3) is 0 Å². The Hall–Kier alpha value is -1.93. The molecule has 1 aliphatic heterocycles. The van der Waals surface area contributed by atoms with E-state index < -0.39 is 28.0 Å². The summed E-state index contributed by atoms with van der Waals surface area (Å²) in [5.74, 6) is -1.96. The highest BCUT2D eigenvalue weighted by atomic mass is 32.2. The number of hydrogen-bond donors (Lipinski definition) is 2. The Labute approximate surface area is 160 Å². The summed E-state index contributed by atoms with van der Waals surface area (Å²) >= 11 is 0. The van der Waals surface area contributed by atoms with Crippen molar-refractivity contribution in [1.82, 2.24) is 9.62 Å². The molecule has 2 rings (SSSR count). The van der Waals surface area contributed by atoms with Gasteiger partial charge in [-0.2, -0.15) is 0 Å². The minimum atomic E-state index is -3.53. The summed E-state index contributed by atoms with van der Waals surface area (Å²) < 4.78 is 26.8. The first-order valence-electron chi connectivity index (χ1n) is 9.24. The molecular formula is C19H28N2O5S. The van der Waals surface area contributed by atoms with Crippen LogP contribution in [0.3, 0.4) is 0 Å². The first kappa shape index (κ1) is 21.4. The van der Waals surface area contributed by atoms with Gasteiger partial charge in [-0.15, -0.1) is 0 Å². The second-order valence-electron chi connectivity index (χ2n) is 7.47. The van der Waals surface area contributed by atoms with Crippen LogP contribution in [0.4, 0.5) is 0 Å². The van der Waals surface area contributed by atoms with Gasteiger partial charge in [-0.1, -0.05) is 44.2 Å². The normalized spacial score (nSPS) is 19.6. The van der Waals surface area contributed by atoms with Gasteiger partial charge < -0.3 is 10.4 Å². The molecule has 27 heavy (non-hydrogen) atoms. The summed E-state index contributed by atoms with van der Waals surface area (Å²) in [6.45, 7) is 4.25. The van der Waals surface area contributed by atoms with Gasteiger partial charge in [0.15, 0.2) is 0 Å². The quantitative estimate of drug-likeness (QED) is 0.698. The fraction of sp³-hybridized carbons (Fsp3) is 0.579. The van der Waals surface area contributed by atoms with E-state index in [2.05, 4.69) is 5.32 Å². The zero-order valence-corrected chi connectivity index (χ0v) is 16.6. The van der Waals surface area contributed by atoms with Crippen molar-refractivity contribution in [2.75, 3.05) is 13.1 Å². The van der Waals surface area contributed by atoms with Crippen molar-refractivity contribution in [1.29, 1.82) is 0 Å². The molecule has 1 amide bonds. The molecule has 1 saturated heterocycles. The molecule has 0 bridgehead atoms. The number of carbonyl (C=O) groups excluding carboxylic acids is 1.